The highest BCUT2D eigenvalue weighted by atomic mass is 35.5. The van der Waals surface area contributed by atoms with Gasteiger partial charge in [0.25, 0.3) is 0 Å². The topological polar surface area (TPSA) is 59.2 Å². The Morgan fingerprint density at radius 2 is 1.96 bits per heavy atom. The molecule has 1 fully saturated rings. The molecule has 126 valence electrons. The number of pyridine rings is 1. The van der Waals surface area contributed by atoms with Crippen LogP contribution in [-0.4, -0.2) is 23.9 Å². The van der Waals surface area contributed by atoms with E-state index >= 15 is 0 Å². The summed E-state index contributed by atoms with van der Waals surface area (Å²) in [5.41, 5.74) is 9.85. The fourth-order valence-electron chi connectivity index (χ4n) is 3.89. The molecule has 4 nitrogen and oxygen atoms in total. The number of fused-ring (bicyclic) bond motifs is 3. The van der Waals surface area contributed by atoms with Crippen LogP contribution in [-0.2, 0) is 0 Å². The summed E-state index contributed by atoms with van der Waals surface area (Å²) in [6, 6.07) is 9.05. The molecule has 1 saturated heterocycles. The fraction of sp³-hybridized carbons (Fsp3) is 0.263. The molecule has 3 aromatic rings. The number of carbonyl (C=O) groups excluding carboxylic acids is 1. The third kappa shape index (κ3) is 2.26. The van der Waals surface area contributed by atoms with Crippen LogP contribution in [0.25, 0.3) is 10.2 Å². The Hall–Kier alpha value is -2.11. The predicted octanol–water partition coefficient (Wildman–Crippen LogP) is 4.46. The minimum absolute atomic E-state index is 0.0709. The van der Waals surface area contributed by atoms with E-state index in [0.717, 1.165) is 23.3 Å². The van der Waals surface area contributed by atoms with Crippen LogP contribution in [0.3, 0.4) is 0 Å². The van der Waals surface area contributed by atoms with Gasteiger partial charge in [-0.25, -0.2) is 4.98 Å². The van der Waals surface area contributed by atoms with Crippen molar-refractivity contribution in [2.45, 2.75) is 18.8 Å². The highest BCUT2D eigenvalue weighted by Gasteiger charge is 2.33. The minimum atomic E-state index is -0.0709. The quantitative estimate of drug-likeness (QED) is 0.677. The first kappa shape index (κ1) is 15.2. The van der Waals surface area contributed by atoms with E-state index in [4.69, 9.17) is 22.3 Å². The van der Waals surface area contributed by atoms with Gasteiger partial charge in [-0.3, -0.25) is 4.79 Å². The van der Waals surface area contributed by atoms with Crippen LogP contribution in [0.5, 0.6) is 0 Å². The van der Waals surface area contributed by atoms with Gasteiger partial charge in [-0.2, -0.15) is 0 Å². The van der Waals surface area contributed by atoms with Gasteiger partial charge in [0.05, 0.1) is 17.1 Å². The lowest BCUT2D eigenvalue weighted by Gasteiger charge is -2.41. The largest absolute Gasteiger partial charge is 0.397 e. The third-order valence-corrected chi connectivity index (χ3v) is 6.63. The van der Waals surface area contributed by atoms with E-state index in [1.807, 2.05) is 0 Å². The van der Waals surface area contributed by atoms with E-state index in [2.05, 4.69) is 11.0 Å². The maximum atomic E-state index is 12.9. The molecule has 1 aromatic carbocycles. The summed E-state index contributed by atoms with van der Waals surface area (Å²) in [5.74, 6) is 0.474. The molecular formula is C19H16ClN3OS. The van der Waals surface area contributed by atoms with Crippen molar-refractivity contribution in [3.63, 3.8) is 0 Å². The summed E-state index contributed by atoms with van der Waals surface area (Å²) in [4.78, 5) is 21.6. The van der Waals surface area contributed by atoms with Gasteiger partial charge in [0.2, 0.25) is 5.78 Å². The molecule has 0 unspecified atom stereocenters. The van der Waals surface area contributed by atoms with Crippen molar-refractivity contribution in [1.82, 2.24) is 4.98 Å². The molecular weight excluding hydrogens is 354 g/mol. The van der Waals surface area contributed by atoms with Gasteiger partial charge in [-0.05, 0) is 43.2 Å². The normalized spacial score (nSPS) is 16.4. The smallest absolute Gasteiger partial charge is 0.205 e. The summed E-state index contributed by atoms with van der Waals surface area (Å²) in [5, 5.41) is 1.51. The summed E-state index contributed by atoms with van der Waals surface area (Å²) in [6.45, 7) is 2.18. The van der Waals surface area contributed by atoms with Crippen LogP contribution in [0.2, 0.25) is 5.02 Å². The average molecular weight is 370 g/mol. The predicted molar refractivity (Wildman–Crippen MR) is 103 cm³/mol. The average Bonchev–Trinajstić information content (AvgIpc) is 2.97. The van der Waals surface area contributed by atoms with Crippen molar-refractivity contribution in [1.29, 1.82) is 0 Å². The summed E-state index contributed by atoms with van der Waals surface area (Å²) >= 11 is 7.31. The van der Waals surface area contributed by atoms with Gasteiger partial charge in [-0.1, -0.05) is 11.6 Å². The van der Waals surface area contributed by atoms with E-state index in [1.165, 1.54) is 35.6 Å². The number of rotatable bonds is 2. The van der Waals surface area contributed by atoms with Crippen LogP contribution < -0.4 is 10.6 Å². The van der Waals surface area contributed by atoms with Gasteiger partial charge < -0.3 is 10.6 Å². The Morgan fingerprint density at radius 3 is 2.68 bits per heavy atom. The van der Waals surface area contributed by atoms with Crippen molar-refractivity contribution >= 4 is 50.3 Å². The molecule has 0 spiro atoms. The number of anilines is 2. The number of thiophene rings is 1. The van der Waals surface area contributed by atoms with Gasteiger partial charge in [0.1, 0.15) is 9.71 Å². The number of halogens is 1. The van der Waals surface area contributed by atoms with Crippen molar-refractivity contribution in [2.24, 2.45) is 0 Å². The molecule has 0 atom stereocenters. The number of nitrogens with zero attached hydrogens (tertiary/aromatic N) is 2. The molecule has 2 aromatic heterocycles. The van der Waals surface area contributed by atoms with Gasteiger partial charge in [0, 0.05) is 35.0 Å². The first-order chi connectivity index (χ1) is 12.1. The Kier molecular flexibility index (Phi) is 3.30. The highest BCUT2D eigenvalue weighted by molar-refractivity contribution is 7.21. The fourth-order valence-corrected chi connectivity index (χ4v) is 5.07. The molecule has 25 heavy (non-hydrogen) atoms. The Morgan fingerprint density at radius 1 is 1.24 bits per heavy atom. The van der Waals surface area contributed by atoms with E-state index in [-0.39, 0.29) is 5.78 Å². The molecule has 6 rings (SSSR count). The van der Waals surface area contributed by atoms with Crippen LogP contribution in [0.1, 0.15) is 39.7 Å². The number of hydrogen-bond donors (Lipinski definition) is 1. The zero-order chi connectivity index (χ0) is 17.1. The van der Waals surface area contributed by atoms with Gasteiger partial charge >= 0.3 is 0 Å². The maximum Gasteiger partial charge on any atom is 0.205 e. The van der Waals surface area contributed by atoms with Crippen molar-refractivity contribution in [3.8, 4) is 0 Å². The maximum absolute atomic E-state index is 12.9. The lowest BCUT2D eigenvalue weighted by atomic mass is 9.86. The zero-order valence-corrected chi connectivity index (χ0v) is 15.0. The monoisotopic (exact) mass is 369 g/mol. The number of carbonyl (C=O) groups is 1. The second kappa shape index (κ2) is 5.44. The molecule has 0 aliphatic carbocycles. The number of nitrogen functional groups attached to an aromatic ring is 1. The standard InChI is InChI=1S/C19H16ClN3OS/c20-12-3-1-11(2-4-12)17(24)18-15(21)13-9-14-16(22-19(13)25-18)10-5-7-23(14)8-6-10/h1-4,9-10H,5-8,21H2. The molecule has 3 aliphatic rings. The van der Waals surface area contributed by atoms with E-state index in [9.17, 15) is 4.79 Å². The second-order valence-corrected chi connectivity index (χ2v) is 8.12. The van der Waals surface area contributed by atoms with Crippen molar-refractivity contribution in [3.05, 3.63) is 51.5 Å². The first-order valence-electron chi connectivity index (χ1n) is 8.40. The molecule has 5 heterocycles. The number of aromatic nitrogens is 1. The minimum Gasteiger partial charge on any atom is -0.397 e. The van der Waals surface area contributed by atoms with Crippen molar-refractivity contribution in [2.75, 3.05) is 23.7 Å². The number of benzene rings is 1. The summed E-state index contributed by atoms with van der Waals surface area (Å²) in [6.07, 6.45) is 2.34. The SMILES string of the molecule is Nc1c(C(=O)c2ccc(Cl)cc2)sc2nc3c(cc12)N1CCC3CC1. The summed E-state index contributed by atoms with van der Waals surface area (Å²) in [7, 11) is 0. The van der Waals surface area contributed by atoms with Crippen LogP contribution in [0.4, 0.5) is 11.4 Å². The van der Waals surface area contributed by atoms with Gasteiger partial charge in [-0.15, -0.1) is 11.3 Å². The molecule has 2 N–H and O–H groups in total. The molecule has 0 amide bonds. The Bertz CT molecular complexity index is 1000. The van der Waals surface area contributed by atoms with Crippen LogP contribution in [0, 0.1) is 0 Å². The number of piperidine rings is 1. The number of ketones is 1. The van der Waals surface area contributed by atoms with Gasteiger partial charge in [0.15, 0.2) is 0 Å². The van der Waals surface area contributed by atoms with E-state index in [1.54, 1.807) is 24.3 Å². The van der Waals surface area contributed by atoms with E-state index in [0.29, 0.717) is 27.1 Å². The molecule has 6 heteroatoms. The lowest BCUT2D eigenvalue weighted by Crippen LogP contribution is -2.39. The zero-order valence-electron chi connectivity index (χ0n) is 13.5. The van der Waals surface area contributed by atoms with E-state index < -0.39 is 0 Å². The van der Waals surface area contributed by atoms with Crippen LogP contribution >= 0.6 is 22.9 Å². The highest BCUT2D eigenvalue weighted by Crippen LogP contribution is 2.45. The summed E-state index contributed by atoms with van der Waals surface area (Å²) < 4.78 is 0. The number of nitrogens with two attached hydrogens (primary N) is 1. The third-order valence-electron chi connectivity index (χ3n) is 5.26. The molecule has 3 aliphatic heterocycles. The van der Waals surface area contributed by atoms with Crippen molar-refractivity contribution < 1.29 is 4.79 Å². The first-order valence-corrected chi connectivity index (χ1v) is 9.59. The molecule has 0 radical (unpaired) electrons. The lowest BCUT2D eigenvalue weighted by molar-refractivity contribution is 0.104. The Balaban J connectivity index is 1.64. The Labute approximate surface area is 154 Å². The molecule has 0 saturated carbocycles. The van der Waals surface area contributed by atoms with Crippen LogP contribution in [0.15, 0.2) is 30.3 Å². The number of hydrogen-bond acceptors (Lipinski definition) is 5. The molecule has 2 bridgehead atoms. The second-order valence-electron chi connectivity index (χ2n) is 6.69.